The van der Waals surface area contributed by atoms with E-state index in [4.69, 9.17) is 0 Å². The highest BCUT2D eigenvalue weighted by atomic mass is 15.2. The van der Waals surface area contributed by atoms with Gasteiger partial charge in [0, 0.05) is 12.1 Å². The van der Waals surface area contributed by atoms with Gasteiger partial charge in [0.1, 0.15) is 0 Å². The molecule has 2 nitrogen and oxygen atoms in total. The van der Waals surface area contributed by atoms with Gasteiger partial charge in [-0.2, -0.15) is 0 Å². The van der Waals surface area contributed by atoms with Gasteiger partial charge >= 0.3 is 0 Å². The summed E-state index contributed by atoms with van der Waals surface area (Å²) in [5, 5.41) is 3.70. The van der Waals surface area contributed by atoms with E-state index in [1.54, 1.807) is 0 Å². The topological polar surface area (TPSA) is 15.3 Å². The zero-order valence-corrected chi connectivity index (χ0v) is 11.9. The molecule has 3 fully saturated rings. The minimum absolute atomic E-state index is 0.822. The van der Waals surface area contributed by atoms with Crippen molar-refractivity contribution in [1.82, 2.24) is 10.2 Å². The minimum atomic E-state index is 0.822. The van der Waals surface area contributed by atoms with Crippen LogP contribution in [-0.4, -0.2) is 36.6 Å². The predicted octanol–water partition coefficient (Wildman–Crippen LogP) is 3.17. The van der Waals surface area contributed by atoms with Crippen LogP contribution in [0.25, 0.3) is 0 Å². The van der Waals surface area contributed by atoms with Gasteiger partial charge in [-0.3, -0.25) is 0 Å². The molecule has 2 aliphatic heterocycles. The monoisotopic (exact) mass is 250 g/mol. The lowest BCUT2D eigenvalue weighted by molar-refractivity contribution is 0.0569. The van der Waals surface area contributed by atoms with E-state index in [0.717, 1.165) is 18.0 Å². The van der Waals surface area contributed by atoms with Crippen molar-refractivity contribution in [2.45, 2.75) is 76.3 Å². The molecule has 18 heavy (non-hydrogen) atoms. The van der Waals surface area contributed by atoms with Crippen molar-refractivity contribution in [3.05, 3.63) is 0 Å². The molecule has 0 aromatic rings. The molecule has 0 radical (unpaired) electrons. The first-order valence-corrected chi connectivity index (χ1v) is 8.41. The molecule has 0 aromatic carbocycles. The summed E-state index contributed by atoms with van der Waals surface area (Å²) < 4.78 is 0. The minimum Gasteiger partial charge on any atom is -0.314 e. The van der Waals surface area contributed by atoms with Gasteiger partial charge in [0.05, 0.1) is 0 Å². The highest BCUT2D eigenvalue weighted by Crippen LogP contribution is 2.35. The summed E-state index contributed by atoms with van der Waals surface area (Å²) in [6.45, 7) is 4.00. The van der Waals surface area contributed by atoms with Crippen LogP contribution in [0, 0.1) is 5.92 Å². The van der Waals surface area contributed by atoms with Crippen molar-refractivity contribution in [1.29, 1.82) is 0 Å². The van der Waals surface area contributed by atoms with E-state index in [1.165, 1.54) is 83.8 Å². The van der Waals surface area contributed by atoms with Crippen LogP contribution in [0.2, 0.25) is 0 Å². The molecule has 1 saturated carbocycles. The van der Waals surface area contributed by atoms with Crippen molar-refractivity contribution in [2.75, 3.05) is 19.6 Å². The second-order valence-electron chi connectivity index (χ2n) is 6.73. The summed E-state index contributed by atoms with van der Waals surface area (Å²) in [4.78, 5) is 2.85. The molecule has 0 amide bonds. The molecule has 1 unspecified atom stereocenters. The molecular formula is C16H30N2. The molecule has 3 atom stereocenters. The molecule has 2 saturated heterocycles. The summed E-state index contributed by atoms with van der Waals surface area (Å²) in [6, 6.07) is 1.78. The average molecular weight is 250 g/mol. The fraction of sp³-hybridized carbons (Fsp3) is 1.00. The number of nitrogens with zero attached hydrogens (tertiary/aromatic N) is 1. The summed E-state index contributed by atoms with van der Waals surface area (Å²) in [5.41, 5.74) is 0. The number of hydrogen-bond donors (Lipinski definition) is 1. The molecule has 0 spiro atoms. The van der Waals surface area contributed by atoms with E-state index < -0.39 is 0 Å². The lowest BCUT2D eigenvalue weighted by atomic mass is 9.78. The van der Waals surface area contributed by atoms with Crippen LogP contribution < -0.4 is 5.32 Å². The van der Waals surface area contributed by atoms with Crippen molar-refractivity contribution in [2.24, 2.45) is 5.92 Å². The zero-order valence-electron chi connectivity index (χ0n) is 11.9. The maximum absolute atomic E-state index is 3.70. The van der Waals surface area contributed by atoms with Gasteiger partial charge in [0.25, 0.3) is 0 Å². The Hall–Kier alpha value is -0.0800. The Morgan fingerprint density at radius 1 is 0.889 bits per heavy atom. The Morgan fingerprint density at radius 2 is 1.72 bits per heavy atom. The molecule has 1 aliphatic carbocycles. The predicted molar refractivity (Wildman–Crippen MR) is 76.8 cm³/mol. The van der Waals surface area contributed by atoms with E-state index in [1.807, 2.05) is 0 Å². The zero-order chi connectivity index (χ0) is 12.2. The highest BCUT2D eigenvalue weighted by molar-refractivity contribution is 4.88. The van der Waals surface area contributed by atoms with Crippen molar-refractivity contribution >= 4 is 0 Å². The van der Waals surface area contributed by atoms with Crippen molar-refractivity contribution in [3.8, 4) is 0 Å². The maximum Gasteiger partial charge on any atom is 0.0123 e. The van der Waals surface area contributed by atoms with Crippen molar-refractivity contribution < 1.29 is 0 Å². The van der Waals surface area contributed by atoms with Gasteiger partial charge in [-0.15, -0.1) is 0 Å². The fourth-order valence-electron chi connectivity index (χ4n) is 4.50. The molecule has 0 aromatic heterocycles. The first-order valence-electron chi connectivity index (χ1n) is 8.41. The van der Waals surface area contributed by atoms with Crippen molar-refractivity contribution in [3.63, 3.8) is 0 Å². The second-order valence-corrected chi connectivity index (χ2v) is 6.73. The molecule has 2 heteroatoms. The van der Waals surface area contributed by atoms with Crippen LogP contribution in [-0.2, 0) is 0 Å². The van der Waals surface area contributed by atoms with E-state index >= 15 is 0 Å². The molecule has 3 aliphatic rings. The van der Waals surface area contributed by atoms with Crippen LogP contribution >= 0.6 is 0 Å². The normalized spacial score (nSPS) is 38.3. The second kappa shape index (κ2) is 6.38. The molecule has 0 bridgehead atoms. The fourth-order valence-corrected chi connectivity index (χ4v) is 4.50. The standard InChI is InChI=1S/C16H30N2/c1-2-9-16-14(6-1)7-5-12-18(16)13-10-15-8-3-4-11-17-15/h14-17H,1-13H2/t14-,15?,16-/m1/s1. The smallest absolute Gasteiger partial charge is 0.0123 e. The van der Waals surface area contributed by atoms with E-state index in [-0.39, 0.29) is 0 Å². The number of likely N-dealkylation sites (tertiary alicyclic amines) is 1. The summed E-state index contributed by atoms with van der Waals surface area (Å²) in [5.74, 6) is 1.05. The third-order valence-electron chi connectivity index (χ3n) is 5.54. The molecule has 1 N–H and O–H groups in total. The lowest BCUT2D eigenvalue weighted by Crippen LogP contribution is -2.48. The van der Waals surface area contributed by atoms with Gasteiger partial charge in [-0.05, 0) is 70.5 Å². The van der Waals surface area contributed by atoms with Gasteiger partial charge in [-0.25, -0.2) is 0 Å². The van der Waals surface area contributed by atoms with Gasteiger partial charge in [0.15, 0.2) is 0 Å². The highest BCUT2D eigenvalue weighted by Gasteiger charge is 2.33. The Bertz CT molecular complexity index is 245. The van der Waals surface area contributed by atoms with Crippen LogP contribution in [0.3, 0.4) is 0 Å². The summed E-state index contributed by atoms with van der Waals surface area (Å²) in [6.07, 6.45) is 14.6. The Balaban J connectivity index is 1.48. The number of fused-ring (bicyclic) bond motifs is 1. The largest absolute Gasteiger partial charge is 0.314 e. The number of rotatable bonds is 3. The molecular weight excluding hydrogens is 220 g/mol. The van der Waals surface area contributed by atoms with Gasteiger partial charge < -0.3 is 10.2 Å². The van der Waals surface area contributed by atoms with Crippen LogP contribution in [0.5, 0.6) is 0 Å². The van der Waals surface area contributed by atoms with E-state index in [2.05, 4.69) is 10.2 Å². The Labute approximate surface area is 113 Å². The molecule has 3 rings (SSSR count). The first-order chi connectivity index (χ1) is 8.93. The van der Waals surface area contributed by atoms with Gasteiger partial charge in [0.2, 0.25) is 0 Å². The Kier molecular flexibility index (Phi) is 4.58. The third kappa shape index (κ3) is 3.08. The van der Waals surface area contributed by atoms with Crippen LogP contribution in [0.1, 0.15) is 64.2 Å². The van der Waals surface area contributed by atoms with E-state index in [9.17, 15) is 0 Å². The first kappa shape index (κ1) is 12.9. The SMILES string of the molecule is C1CCC(CCN2CCC[C@H]3CCCC[C@H]32)NC1. The van der Waals surface area contributed by atoms with Crippen LogP contribution in [0.15, 0.2) is 0 Å². The van der Waals surface area contributed by atoms with Crippen LogP contribution in [0.4, 0.5) is 0 Å². The quantitative estimate of drug-likeness (QED) is 0.827. The molecule has 2 heterocycles. The third-order valence-corrected chi connectivity index (χ3v) is 5.54. The summed E-state index contributed by atoms with van der Waals surface area (Å²) in [7, 11) is 0. The number of hydrogen-bond acceptors (Lipinski definition) is 2. The van der Waals surface area contributed by atoms with Gasteiger partial charge in [-0.1, -0.05) is 19.3 Å². The summed E-state index contributed by atoms with van der Waals surface area (Å²) >= 11 is 0. The Morgan fingerprint density at radius 3 is 2.61 bits per heavy atom. The lowest BCUT2D eigenvalue weighted by Gasteiger charge is -2.44. The van der Waals surface area contributed by atoms with E-state index in [0.29, 0.717) is 0 Å². The average Bonchev–Trinajstić information content (AvgIpc) is 2.46. The number of piperidine rings is 2. The number of nitrogens with one attached hydrogen (secondary N) is 1. The molecule has 104 valence electrons. The maximum atomic E-state index is 3.70.